The predicted molar refractivity (Wildman–Crippen MR) is 87.8 cm³/mol. The summed E-state index contributed by atoms with van der Waals surface area (Å²) in [4.78, 5) is 12.2. The molecule has 1 aliphatic rings. The molecule has 0 spiro atoms. The van der Waals surface area contributed by atoms with Crippen LogP contribution in [0.5, 0.6) is 0 Å². The van der Waals surface area contributed by atoms with Crippen LogP contribution >= 0.6 is 11.8 Å². The number of anilines is 1. The smallest absolute Gasteiger partial charge is 0.251 e. The van der Waals surface area contributed by atoms with Gasteiger partial charge in [-0.05, 0) is 56.2 Å². The number of benzene rings is 1. The highest BCUT2D eigenvalue weighted by molar-refractivity contribution is 7.99. The number of carbonyl (C=O) groups is 1. The molecule has 0 saturated carbocycles. The summed E-state index contributed by atoms with van der Waals surface area (Å²) in [6, 6.07) is 5.92. The van der Waals surface area contributed by atoms with Crippen molar-refractivity contribution in [2.45, 2.75) is 38.4 Å². The first-order chi connectivity index (χ1) is 9.70. The Balaban J connectivity index is 1.91. The van der Waals surface area contributed by atoms with Gasteiger partial charge in [-0.25, -0.2) is 0 Å². The van der Waals surface area contributed by atoms with E-state index in [1.54, 1.807) is 0 Å². The summed E-state index contributed by atoms with van der Waals surface area (Å²) in [7, 11) is 0. The molecule has 1 aromatic carbocycles. The van der Waals surface area contributed by atoms with Crippen molar-refractivity contribution in [3.8, 4) is 0 Å². The third kappa shape index (κ3) is 4.17. The summed E-state index contributed by atoms with van der Waals surface area (Å²) in [5.41, 5.74) is 2.88. The molecule has 1 fully saturated rings. The van der Waals surface area contributed by atoms with Crippen LogP contribution in [-0.4, -0.2) is 30.0 Å². The molecule has 2 rings (SSSR count). The van der Waals surface area contributed by atoms with Gasteiger partial charge >= 0.3 is 0 Å². The molecule has 3 nitrogen and oxygen atoms in total. The molecular formula is C16H24N2OS. The van der Waals surface area contributed by atoms with Gasteiger partial charge in [0.15, 0.2) is 0 Å². The molecule has 1 aromatic rings. The van der Waals surface area contributed by atoms with Crippen LogP contribution in [0.15, 0.2) is 18.2 Å². The molecule has 0 aromatic heterocycles. The Morgan fingerprint density at radius 3 is 2.90 bits per heavy atom. The molecule has 4 heteroatoms. The monoisotopic (exact) mass is 292 g/mol. The molecule has 1 amide bonds. The highest BCUT2D eigenvalue weighted by atomic mass is 32.2. The molecule has 0 radical (unpaired) electrons. The van der Waals surface area contributed by atoms with Crippen LogP contribution in [0.3, 0.4) is 0 Å². The summed E-state index contributed by atoms with van der Waals surface area (Å²) in [5.74, 6) is 1.29. The average Bonchev–Trinajstić information content (AvgIpc) is 2.46. The van der Waals surface area contributed by atoms with E-state index in [1.165, 1.54) is 25.0 Å². The first kappa shape index (κ1) is 15.2. The molecule has 1 saturated heterocycles. The standard InChI is InChI=1S/C16H24N2OS/c1-3-17-13-7-8-15(12(2)10-13)16(19)18-11-14-6-4-5-9-20-14/h7-8,10,14,17H,3-6,9,11H2,1-2H3,(H,18,19). The van der Waals surface area contributed by atoms with E-state index < -0.39 is 0 Å². The minimum Gasteiger partial charge on any atom is -0.385 e. The number of rotatable bonds is 5. The molecule has 20 heavy (non-hydrogen) atoms. The highest BCUT2D eigenvalue weighted by Crippen LogP contribution is 2.24. The van der Waals surface area contributed by atoms with E-state index in [2.05, 4.69) is 17.6 Å². The third-order valence-corrected chi connectivity index (χ3v) is 5.01. The molecule has 110 valence electrons. The predicted octanol–water partition coefficient (Wildman–Crippen LogP) is 3.44. The van der Waals surface area contributed by atoms with Crippen molar-refractivity contribution in [1.29, 1.82) is 0 Å². The molecule has 0 bridgehead atoms. The Bertz CT molecular complexity index is 456. The zero-order chi connectivity index (χ0) is 14.4. The minimum absolute atomic E-state index is 0.0525. The van der Waals surface area contributed by atoms with Crippen LogP contribution in [0.1, 0.15) is 42.1 Å². The SMILES string of the molecule is CCNc1ccc(C(=O)NCC2CCCCS2)c(C)c1. The van der Waals surface area contributed by atoms with Gasteiger partial charge in [0, 0.05) is 29.6 Å². The Morgan fingerprint density at radius 1 is 1.40 bits per heavy atom. The zero-order valence-electron chi connectivity index (χ0n) is 12.4. The van der Waals surface area contributed by atoms with Gasteiger partial charge in [-0.1, -0.05) is 6.42 Å². The number of aryl methyl sites for hydroxylation is 1. The van der Waals surface area contributed by atoms with Crippen LogP contribution in [0.25, 0.3) is 0 Å². The molecular weight excluding hydrogens is 268 g/mol. The molecule has 1 unspecified atom stereocenters. The van der Waals surface area contributed by atoms with Gasteiger partial charge in [0.2, 0.25) is 0 Å². The number of amides is 1. The average molecular weight is 292 g/mol. The second-order valence-electron chi connectivity index (χ2n) is 5.26. The number of hydrogen-bond acceptors (Lipinski definition) is 3. The Labute approximate surface area is 125 Å². The van der Waals surface area contributed by atoms with Crippen molar-refractivity contribution in [2.24, 2.45) is 0 Å². The Morgan fingerprint density at radius 2 is 2.25 bits per heavy atom. The first-order valence-corrected chi connectivity index (χ1v) is 8.50. The van der Waals surface area contributed by atoms with Crippen LogP contribution < -0.4 is 10.6 Å². The Kier molecular flexibility index (Phi) is 5.77. The van der Waals surface area contributed by atoms with E-state index in [1.807, 2.05) is 36.9 Å². The summed E-state index contributed by atoms with van der Waals surface area (Å²) < 4.78 is 0. The zero-order valence-corrected chi connectivity index (χ0v) is 13.2. The van der Waals surface area contributed by atoms with Crippen LogP contribution in [-0.2, 0) is 0 Å². The van der Waals surface area contributed by atoms with Gasteiger partial charge in [0.1, 0.15) is 0 Å². The van der Waals surface area contributed by atoms with Crippen molar-refractivity contribution >= 4 is 23.4 Å². The van der Waals surface area contributed by atoms with E-state index in [0.29, 0.717) is 5.25 Å². The van der Waals surface area contributed by atoms with Crippen molar-refractivity contribution in [3.05, 3.63) is 29.3 Å². The van der Waals surface area contributed by atoms with E-state index >= 15 is 0 Å². The second kappa shape index (κ2) is 7.58. The normalized spacial score (nSPS) is 18.6. The van der Waals surface area contributed by atoms with Gasteiger partial charge in [-0.3, -0.25) is 4.79 Å². The van der Waals surface area contributed by atoms with Gasteiger partial charge in [-0.2, -0.15) is 11.8 Å². The minimum atomic E-state index is 0.0525. The van der Waals surface area contributed by atoms with E-state index in [9.17, 15) is 4.79 Å². The summed E-state index contributed by atoms with van der Waals surface area (Å²) in [5, 5.41) is 6.94. The van der Waals surface area contributed by atoms with Crippen LogP contribution in [0, 0.1) is 6.92 Å². The summed E-state index contributed by atoms with van der Waals surface area (Å²) in [6.45, 7) is 5.74. The van der Waals surface area contributed by atoms with Gasteiger partial charge in [0.05, 0.1) is 0 Å². The molecule has 1 aliphatic heterocycles. The lowest BCUT2D eigenvalue weighted by atomic mass is 10.1. The number of thioether (sulfide) groups is 1. The molecule has 0 aliphatic carbocycles. The quantitative estimate of drug-likeness (QED) is 0.873. The van der Waals surface area contributed by atoms with E-state index in [0.717, 1.165) is 29.9 Å². The largest absolute Gasteiger partial charge is 0.385 e. The molecule has 1 heterocycles. The molecule has 1 atom stereocenters. The Hall–Kier alpha value is -1.16. The fourth-order valence-electron chi connectivity index (χ4n) is 2.50. The fourth-order valence-corrected chi connectivity index (χ4v) is 3.74. The van der Waals surface area contributed by atoms with Gasteiger partial charge in [0.25, 0.3) is 5.91 Å². The molecule has 2 N–H and O–H groups in total. The van der Waals surface area contributed by atoms with E-state index in [4.69, 9.17) is 0 Å². The van der Waals surface area contributed by atoms with Gasteiger partial charge < -0.3 is 10.6 Å². The third-order valence-electron chi connectivity index (χ3n) is 3.62. The van der Waals surface area contributed by atoms with Crippen molar-refractivity contribution in [1.82, 2.24) is 5.32 Å². The number of carbonyl (C=O) groups excluding carboxylic acids is 1. The number of nitrogens with one attached hydrogen (secondary N) is 2. The summed E-state index contributed by atoms with van der Waals surface area (Å²) in [6.07, 6.45) is 3.84. The maximum atomic E-state index is 12.2. The second-order valence-corrected chi connectivity index (χ2v) is 6.67. The fraction of sp³-hybridized carbons (Fsp3) is 0.562. The summed E-state index contributed by atoms with van der Waals surface area (Å²) >= 11 is 1.99. The van der Waals surface area contributed by atoms with Crippen molar-refractivity contribution in [2.75, 3.05) is 24.2 Å². The topological polar surface area (TPSA) is 41.1 Å². The van der Waals surface area contributed by atoms with Crippen LogP contribution in [0.4, 0.5) is 5.69 Å². The van der Waals surface area contributed by atoms with Crippen molar-refractivity contribution < 1.29 is 4.79 Å². The first-order valence-electron chi connectivity index (χ1n) is 7.45. The lowest BCUT2D eigenvalue weighted by molar-refractivity contribution is 0.0953. The van der Waals surface area contributed by atoms with Crippen molar-refractivity contribution in [3.63, 3.8) is 0 Å². The lowest BCUT2D eigenvalue weighted by Gasteiger charge is -2.21. The van der Waals surface area contributed by atoms with E-state index in [-0.39, 0.29) is 5.91 Å². The van der Waals surface area contributed by atoms with Gasteiger partial charge in [-0.15, -0.1) is 0 Å². The number of hydrogen-bond donors (Lipinski definition) is 2. The van der Waals surface area contributed by atoms with Crippen LogP contribution in [0.2, 0.25) is 0 Å². The maximum absolute atomic E-state index is 12.2. The lowest BCUT2D eigenvalue weighted by Crippen LogP contribution is -2.32. The maximum Gasteiger partial charge on any atom is 0.251 e. The highest BCUT2D eigenvalue weighted by Gasteiger charge is 2.16.